The predicted octanol–water partition coefficient (Wildman–Crippen LogP) is 1.87. The van der Waals surface area contributed by atoms with Gasteiger partial charge in [-0.3, -0.25) is 14.7 Å². The molecule has 1 saturated carbocycles. The molecule has 9 heteroatoms. The van der Waals surface area contributed by atoms with E-state index in [0.29, 0.717) is 50.9 Å². The summed E-state index contributed by atoms with van der Waals surface area (Å²) in [5.41, 5.74) is 0. The van der Waals surface area contributed by atoms with E-state index in [1.165, 1.54) is 24.2 Å². The van der Waals surface area contributed by atoms with Gasteiger partial charge in [-0.15, -0.1) is 0 Å². The number of nitrogens with zero attached hydrogens (tertiary/aromatic N) is 2. The summed E-state index contributed by atoms with van der Waals surface area (Å²) in [7, 11) is 1.62. The Kier molecular flexibility index (Phi) is 8.66. The van der Waals surface area contributed by atoms with Crippen molar-refractivity contribution >= 4 is 11.9 Å². The molecule has 1 aliphatic carbocycles. The third-order valence-corrected chi connectivity index (χ3v) is 5.18. The van der Waals surface area contributed by atoms with Gasteiger partial charge in [0.25, 0.3) is 0 Å². The van der Waals surface area contributed by atoms with E-state index >= 15 is 0 Å². The van der Waals surface area contributed by atoms with E-state index in [9.17, 15) is 18.0 Å². The minimum absolute atomic E-state index is 0.0561. The maximum atomic E-state index is 12.4. The van der Waals surface area contributed by atoms with Crippen LogP contribution in [0.1, 0.15) is 44.9 Å². The molecule has 1 heterocycles. The molecule has 1 amide bonds. The second-order valence-corrected chi connectivity index (χ2v) is 7.54. The van der Waals surface area contributed by atoms with E-state index in [1.54, 1.807) is 7.05 Å². The first kappa shape index (κ1) is 21.8. The molecule has 0 aromatic rings. The van der Waals surface area contributed by atoms with Gasteiger partial charge in [0.05, 0.1) is 6.54 Å². The number of amides is 1. The van der Waals surface area contributed by atoms with E-state index in [4.69, 9.17) is 0 Å². The quantitative estimate of drug-likeness (QED) is 0.352. The van der Waals surface area contributed by atoms with Crippen molar-refractivity contribution in [2.24, 2.45) is 10.9 Å². The molecule has 0 spiro atoms. The van der Waals surface area contributed by atoms with Gasteiger partial charge in [0.1, 0.15) is 0 Å². The number of nitrogens with one attached hydrogen (secondary N) is 3. The lowest BCUT2D eigenvalue weighted by Gasteiger charge is -2.21. The average Bonchev–Trinajstić information content (AvgIpc) is 3.03. The van der Waals surface area contributed by atoms with Crippen molar-refractivity contribution in [3.63, 3.8) is 0 Å². The molecule has 2 aliphatic rings. The van der Waals surface area contributed by atoms with Gasteiger partial charge in [-0.25, -0.2) is 0 Å². The SMILES string of the molecule is CN=C(NCCNC(=O)CC1CCCCC1)NC1CCN(CC(F)(F)F)C1. The van der Waals surface area contributed by atoms with Crippen LogP contribution in [0, 0.1) is 5.92 Å². The molecule has 1 aliphatic heterocycles. The van der Waals surface area contributed by atoms with Crippen LogP contribution in [-0.2, 0) is 4.79 Å². The number of alkyl halides is 3. The molecular formula is C18H32F3N5O. The van der Waals surface area contributed by atoms with Gasteiger partial charge < -0.3 is 16.0 Å². The number of halogens is 3. The lowest BCUT2D eigenvalue weighted by molar-refractivity contribution is -0.143. The van der Waals surface area contributed by atoms with Crippen molar-refractivity contribution in [1.82, 2.24) is 20.9 Å². The summed E-state index contributed by atoms with van der Waals surface area (Å²) in [6, 6.07) is -0.0561. The number of aliphatic imine (C=N–C) groups is 1. The van der Waals surface area contributed by atoms with Crippen LogP contribution in [0.5, 0.6) is 0 Å². The molecule has 1 atom stereocenters. The lowest BCUT2D eigenvalue weighted by atomic mass is 9.87. The first-order valence-electron chi connectivity index (χ1n) is 9.88. The van der Waals surface area contributed by atoms with E-state index in [-0.39, 0.29) is 11.9 Å². The van der Waals surface area contributed by atoms with Crippen LogP contribution in [0.2, 0.25) is 0 Å². The van der Waals surface area contributed by atoms with E-state index in [1.807, 2.05) is 0 Å². The molecule has 2 rings (SSSR count). The Bertz CT molecular complexity index is 492. The normalized spacial score (nSPS) is 22.7. The molecule has 2 fully saturated rings. The number of guanidine groups is 1. The van der Waals surface area contributed by atoms with Gasteiger partial charge in [0, 0.05) is 45.7 Å². The Morgan fingerprint density at radius 1 is 1.11 bits per heavy atom. The van der Waals surface area contributed by atoms with E-state index in [0.717, 1.165) is 12.8 Å². The summed E-state index contributed by atoms with van der Waals surface area (Å²) in [5.74, 6) is 1.16. The van der Waals surface area contributed by atoms with Crippen molar-refractivity contribution in [1.29, 1.82) is 0 Å². The zero-order valence-electron chi connectivity index (χ0n) is 16.1. The predicted molar refractivity (Wildman–Crippen MR) is 99.6 cm³/mol. The summed E-state index contributed by atoms with van der Waals surface area (Å²) in [6.45, 7) is 0.917. The Morgan fingerprint density at radius 2 is 1.81 bits per heavy atom. The Labute approximate surface area is 159 Å². The van der Waals surface area contributed by atoms with Gasteiger partial charge in [0.2, 0.25) is 5.91 Å². The fraction of sp³-hybridized carbons (Fsp3) is 0.889. The molecule has 6 nitrogen and oxygen atoms in total. The molecule has 3 N–H and O–H groups in total. The van der Waals surface area contributed by atoms with Gasteiger partial charge in [-0.2, -0.15) is 13.2 Å². The van der Waals surface area contributed by atoms with Crippen LogP contribution in [0.15, 0.2) is 4.99 Å². The molecule has 1 unspecified atom stereocenters. The topological polar surface area (TPSA) is 68.8 Å². The van der Waals surface area contributed by atoms with Crippen molar-refractivity contribution in [2.75, 3.05) is 39.8 Å². The smallest absolute Gasteiger partial charge is 0.355 e. The summed E-state index contributed by atoms with van der Waals surface area (Å²) in [6.07, 6.45) is 3.11. The highest BCUT2D eigenvalue weighted by Crippen LogP contribution is 2.26. The zero-order valence-corrected chi connectivity index (χ0v) is 16.1. The lowest BCUT2D eigenvalue weighted by Crippen LogP contribution is -2.47. The van der Waals surface area contributed by atoms with Gasteiger partial charge in [-0.05, 0) is 25.2 Å². The molecule has 0 bridgehead atoms. The highest BCUT2D eigenvalue weighted by molar-refractivity contribution is 5.80. The largest absolute Gasteiger partial charge is 0.401 e. The van der Waals surface area contributed by atoms with Crippen LogP contribution >= 0.6 is 0 Å². The molecule has 27 heavy (non-hydrogen) atoms. The second kappa shape index (κ2) is 10.7. The van der Waals surface area contributed by atoms with Crippen LogP contribution in [-0.4, -0.2) is 68.8 Å². The van der Waals surface area contributed by atoms with Crippen LogP contribution in [0.25, 0.3) is 0 Å². The number of carbonyl (C=O) groups excluding carboxylic acids is 1. The average molecular weight is 391 g/mol. The van der Waals surface area contributed by atoms with Gasteiger partial charge in [-0.1, -0.05) is 19.3 Å². The van der Waals surface area contributed by atoms with Crippen LogP contribution < -0.4 is 16.0 Å². The highest BCUT2D eigenvalue weighted by atomic mass is 19.4. The van der Waals surface area contributed by atoms with E-state index in [2.05, 4.69) is 20.9 Å². The monoisotopic (exact) mass is 391 g/mol. The Hall–Kier alpha value is -1.51. The fourth-order valence-corrected chi connectivity index (χ4v) is 3.84. The molecule has 0 aromatic heterocycles. The number of carbonyl (C=O) groups is 1. The summed E-state index contributed by atoms with van der Waals surface area (Å²) >= 11 is 0. The van der Waals surface area contributed by atoms with Gasteiger partial charge in [0.15, 0.2) is 5.96 Å². The molecular weight excluding hydrogens is 359 g/mol. The maximum Gasteiger partial charge on any atom is 0.401 e. The zero-order chi connectivity index (χ0) is 19.7. The third kappa shape index (κ3) is 8.81. The first-order valence-corrected chi connectivity index (χ1v) is 9.88. The summed E-state index contributed by atoms with van der Waals surface area (Å²) in [5, 5.41) is 9.17. The Balaban J connectivity index is 1.58. The highest BCUT2D eigenvalue weighted by Gasteiger charge is 2.34. The van der Waals surface area contributed by atoms with Crippen molar-refractivity contribution in [3.05, 3.63) is 0 Å². The molecule has 0 radical (unpaired) electrons. The fourth-order valence-electron chi connectivity index (χ4n) is 3.84. The van der Waals surface area contributed by atoms with E-state index < -0.39 is 12.7 Å². The molecule has 1 saturated heterocycles. The number of hydrogen-bond donors (Lipinski definition) is 3. The summed E-state index contributed by atoms with van der Waals surface area (Å²) < 4.78 is 37.3. The van der Waals surface area contributed by atoms with Crippen LogP contribution in [0.4, 0.5) is 13.2 Å². The van der Waals surface area contributed by atoms with Crippen molar-refractivity contribution < 1.29 is 18.0 Å². The minimum Gasteiger partial charge on any atom is -0.355 e. The molecule has 0 aromatic carbocycles. The standard InChI is InChI=1S/C18H32F3N5O/c1-22-17(25-15-7-10-26(12-15)13-18(19,20)21)24-9-8-23-16(27)11-14-5-3-2-4-6-14/h14-15H,2-13H2,1H3,(H,23,27)(H2,22,24,25). The number of hydrogen-bond acceptors (Lipinski definition) is 3. The maximum absolute atomic E-state index is 12.4. The summed E-state index contributed by atoms with van der Waals surface area (Å²) in [4.78, 5) is 17.5. The number of likely N-dealkylation sites (tertiary alicyclic amines) is 1. The number of rotatable bonds is 7. The first-order chi connectivity index (χ1) is 12.9. The van der Waals surface area contributed by atoms with Crippen molar-refractivity contribution in [3.8, 4) is 0 Å². The second-order valence-electron chi connectivity index (χ2n) is 7.54. The molecule has 156 valence electrons. The minimum atomic E-state index is -4.16. The van der Waals surface area contributed by atoms with Crippen LogP contribution in [0.3, 0.4) is 0 Å². The van der Waals surface area contributed by atoms with Crippen molar-refractivity contribution in [2.45, 2.75) is 57.2 Å². The van der Waals surface area contributed by atoms with Gasteiger partial charge >= 0.3 is 6.18 Å². The third-order valence-electron chi connectivity index (χ3n) is 5.18. The Morgan fingerprint density at radius 3 is 2.48 bits per heavy atom.